The predicted molar refractivity (Wildman–Crippen MR) is 81.6 cm³/mol. The van der Waals surface area contributed by atoms with Crippen LogP contribution in [-0.4, -0.2) is 54.3 Å². The van der Waals surface area contributed by atoms with Crippen LogP contribution < -0.4 is 0 Å². The fraction of sp³-hybridized carbons (Fsp3) is 0.533. The second-order valence-corrected chi connectivity index (χ2v) is 6.41. The molecule has 1 heterocycles. The molecular formula is C15H21BrN2O. The van der Waals surface area contributed by atoms with Crippen molar-refractivity contribution in [3.05, 3.63) is 34.3 Å². The van der Waals surface area contributed by atoms with Gasteiger partial charge in [0, 0.05) is 35.2 Å². The summed E-state index contributed by atoms with van der Waals surface area (Å²) in [5.41, 5.74) is 0.786. The van der Waals surface area contributed by atoms with Crippen LogP contribution in [0.5, 0.6) is 0 Å². The van der Waals surface area contributed by atoms with Crippen molar-refractivity contribution < 1.29 is 4.79 Å². The molecule has 2 rings (SSSR count). The van der Waals surface area contributed by atoms with Crippen molar-refractivity contribution >= 4 is 21.7 Å². The number of nitrogens with zero attached hydrogens (tertiary/aromatic N) is 2. The summed E-state index contributed by atoms with van der Waals surface area (Å²) in [7, 11) is 2.16. The molecule has 4 heteroatoms. The first-order chi connectivity index (χ1) is 8.97. The van der Waals surface area contributed by atoms with Crippen molar-refractivity contribution in [2.75, 3.05) is 26.7 Å². The van der Waals surface area contributed by atoms with Gasteiger partial charge in [0.05, 0.1) is 6.54 Å². The molecule has 0 saturated carbocycles. The molecule has 0 radical (unpaired) electrons. The zero-order valence-electron chi connectivity index (χ0n) is 11.8. The lowest BCUT2D eigenvalue weighted by atomic mass is 10.1. The Morgan fingerprint density at radius 3 is 2.53 bits per heavy atom. The molecule has 0 spiro atoms. The SMILES string of the molecule is CC1CN(CC(=O)c2cccc(Br)c2)CC(C)N1C. The van der Waals surface area contributed by atoms with Crippen LogP contribution in [0.4, 0.5) is 0 Å². The van der Waals surface area contributed by atoms with Crippen molar-refractivity contribution in [2.24, 2.45) is 0 Å². The molecule has 1 aromatic rings. The highest BCUT2D eigenvalue weighted by atomic mass is 79.9. The highest BCUT2D eigenvalue weighted by molar-refractivity contribution is 9.10. The van der Waals surface area contributed by atoms with E-state index >= 15 is 0 Å². The lowest BCUT2D eigenvalue weighted by Gasteiger charge is -2.42. The van der Waals surface area contributed by atoms with Crippen LogP contribution in [0, 0.1) is 0 Å². The van der Waals surface area contributed by atoms with Gasteiger partial charge in [-0.3, -0.25) is 14.6 Å². The Kier molecular flexibility index (Phi) is 4.76. The van der Waals surface area contributed by atoms with Gasteiger partial charge in [0.1, 0.15) is 0 Å². The third kappa shape index (κ3) is 3.65. The molecule has 19 heavy (non-hydrogen) atoms. The fourth-order valence-corrected chi connectivity index (χ4v) is 3.00. The smallest absolute Gasteiger partial charge is 0.176 e. The van der Waals surface area contributed by atoms with Crippen LogP contribution in [0.15, 0.2) is 28.7 Å². The van der Waals surface area contributed by atoms with Crippen LogP contribution in [0.3, 0.4) is 0 Å². The average Bonchev–Trinajstić information content (AvgIpc) is 2.36. The summed E-state index contributed by atoms with van der Waals surface area (Å²) in [5, 5.41) is 0. The third-order valence-electron chi connectivity index (χ3n) is 3.95. The van der Waals surface area contributed by atoms with Gasteiger partial charge in [-0.25, -0.2) is 0 Å². The molecular weight excluding hydrogens is 304 g/mol. The topological polar surface area (TPSA) is 23.6 Å². The van der Waals surface area contributed by atoms with Crippen molar-refractivity contribution in [1.82, 2.24) is 9.80 Å². The molecule has 0 amide bonds. The molecule has 1 fully saturated rings. The maximum absolute atomic E-state index is 12.3. The zero-order chi connectivity index (χ0) is 14.0. The summed E-state index contributed by atoms with van der Waals surface area (Å²) in [6.07, 6.45) is 0. The number of carbonyl (C=O) groups is 1. The number of carbonyl (C=O) groups excluding carboxylic acids is 1. The highest BCUT2D eigenvalue weighted by Crippen LogP contribution is 2.16. The first kappa shape index (κ1) is 14.7. The number of benzene rings is 1. The lowest BCUT2D eigenvalue weighted by molar-refractivity contribution is 0.0549. The van der Waals surface area contributed by atoms with E-state index < -0.39 is 0 Å². The Balaban J connectivity index is 2.00. The molecule has 1 aromatic carbocycles. The maximum Gasteiger partial charge on any atom is 0.176 e. The van der Waals surface area contributed by atoms with Gasteiger partial charge in [-0.15, -0.1) is 0 Å². The van der Waals surface area contributed by atoms with Gasteiger partial charge >= 0.3 is 0 Å². The van der Waals surface area contributed by atoms with Crippen molar-refractivity contribution in [3.8, 4) is 0 Å². The molecule has 0 aliphatic carbocycles. The average molecular weight is 325 g/mol. The fourth-order valence-electron chi connectivity index (χ4n) is 2.60. The Labute approximate surface area is 123 Å². The zero-order valence-corrected chi connectivity index (χ0v) is 13.4. The number of rotatable bonds is 3. The van der Waals surface area contributed by atoms with Crippen molar-refractivity contribution in [2.45, 2.75) is 25.9 Å². The van der Waals surface area contributed by atoms with Crippen LogP contribution >= 0.6 is 15.9 Å². The van der Waals surface area contributed by atoms with Gasteiger partial charge in [-0.1, -0.05) is 28.1 Å². The summed E-state index contributed by atoms with van der Waals surface area (Å²) in [5.74, 6) is 0.199. The van der Waals surface area contributed by atoms with E-state index in [1.165, 1.54) is 0 Å². The molecule has 0 N–H and O–H groups in total. The van der Waals surface area contributed by atoms with Gasteiger partial charge in [0.2, 0.25) is 0 Å². The van der Waals surface area contributed by atoms with Crippen molar-refractivity contribution in [1.29, 1.82) is 0 Å². The Bertz CT molecular complexity index is 451. The third-order valence-corrected chi connectivity index (χ3v) is 4.44. The summed E-state index contributed by atoms with van der Waals surface area (Å²) in [6.45, 7) is 6.86. The second kappa shape index (κ2) is 6.16. The number of hydrogen-bond donors (Lipinski definition) is 0. The Morgan fingerprint density at radius 1 is 1.32 bits per heavy atom. The Morgan fingerprint density at radius 2 is 1.95 bits per heavy atom. The molecule has 2 unspecified atom stereocenters. The number of likely N-dealkylation sites (N-methyl/N-ethyl adjacent to an activating group) is 1. The number of halogens is 1. The summed E-state index contributed by atoms with van der Waals surface area (Å²) >= 11 is 3.41. The van der Waals surface area contributed by atoms with Gasteiger partial charge in [0.15, 0.2) is 5.78 Å². The van der Waals surface area contributed by atoms with Crippen LogP contribution in [0.1, 0.15) is 24.2 Å². The molecule has 2 atom stereocenters. The first-order valence-corrected chi connectivity index (χ1v) is 7.49. The molecule has 1 saturated heterocycles. The van der Waals surface area contributed by atoms with E-state index in [2.05, 4.69) is 46.6 Å². The molecule has 1 aliphatic rings. The highest BCUT2D eigenvalue weighted by Gasteiger charge is 2.27. The van der Waals surface area contributed by atoms with Crippen LogP contribution in [-0.2, 0) is 0 Å². The minimum Gasteiger partial charge on any atom is -0.298 e. The van der Waals surface area contributed by atoms with E-state index in [0.29, 0.717) is 18.6 Å². The summed E-state index contributed by atoms with van der Waals surface area (Å²) in [6, 6.07) is 8.63. The van der Waals surface area contributed by atoms with Gasteiger partial charge < -0.3 is 0 Å². The molecule has 0 bridgehead atoms. The van der Waals surface area contributed by atoms with E-state index in [0.717, 1.165) is 23.1 Å². The number of Topliss-reactive ketones (excluding diaryl/α,β-unsaturated/α-hetero) is 1. The van der Waals surface area contributed by atoms with Gasteiger partial charge in [-0.2, -0.15) is 0 Å². The number of piperazine rings is 1. The number of ketones is 1. The maximum atomic E-state index is 12.3. The Hall–Kier alpha value is -0.710. The minimum atomic E-state index is 0.199. The summed E-state index contributed by atoms with van der Waals surface area (Å²) in [4.78, 5) is 16.9. The van der Waals surface area contributed by atoms with E-state index in [-0.39, 0.29) is 5.78 Å². The minimum absolute atomic E-state index is 0.199. The standard InChI is InChI=1S/C15H21BrN2O/c1-11-8-18(9-12(2)17(11)3)10-15(19)13-5-4-6-14(16)7-13/h4-7,11-12H,8-10H2,1-3H3. The molecule has 3 nitrogen and oxygen atoms in total. The second-order valence-electron chi connectivity index (χ2n) is 5.49. The van der Waals surface area contributed by atoms with E-state index in [9.17, 15) is 4.79 Å². The first-order valence-electron chi connectivity index (χ1n) is 6.70. The van der Waals surface area contributed by atoms with E-state index in [1.54, 1.807) is 0 Å². The van der Waals surface area contributed by atoms with E-state index in [4.69, 9.17) is 0 Å². The van der Waals surface area contributed by atoms with Crippen molar-refractivity contribution in [3.63, 3.8) is 0 Å². The largest absolute Gasteiger partial charge is 0.298 e. The number of hydrogen-bond acceptors (Lipinski definition) is 3. The molecule has 0 aromatic heterocycles. The molecule has 104 valence electrons. The normalized spacial score (nSPS) is 25.5. The monoisotopic (exact) mass is 324 g/mol. The van der Waals surface area contributed by atoms with Gasteiger partial charge in [0.25, 0.3) is 0 Å². The summed E-state index contributed by atoms with van der Waals surface area (Å²) < 4.78 is 0.957. The van der Waals surface area contributed by atoms with E-state index in [1.807, 2.05) is 24.3 Å². The predicted octanol–water partition coefficient (Wildman–Crippen LogP) is 2.66. The van der Waals surface area contributed by atoms with Gasteiger partial charge in [-0.05, 0) is 33.0 Å². The molecule has 1 aliphatic heterocycles. The lowest BCUT2D eigenvalue weighted by Crippen LogP contribution is -2.55. The quantitative estimate of drug-likeness (QED) is 0.799. The van der Waals surface area contributed by atoms with Crippen LogP contribution in [0.25, 0.3) is 0 Å². The van der Waals surface area contributed by atoms with Crippen LogP contribution in [0.2, 0.25) is 0 Å².